The highest BCUT2D eigenvalue weighted by molar-refractivity contribution is 7.15. The van der Waals surface area contributed by atoms with Gasteiger partial charge in [-0.1, -0.05) is 25.2 Å². The fraction of sp³-hybridized carbons (Fsp3) is 0.714. The van der Waals surface area contributed by atoms with Crippen molar-refractivity contribution in [2.24, 2.45) is 5.92 Å². The summed E-state index contributed by atoms with van der Waals surface area (Å²) in [7, 11) is 3.48. The Hall–Kier alpha value is -1.70. The Morgan fingerprint density at radius 1 is 1.27 bits per heavy atom. The average Bonchev–Trinajstić information content (AvgIpc) is 2.95. The van der Waals surface area contributed by atoms with Gasteiger partial charge in [0.2, 0.25) is 11.0 Å². The van der Waals surface area contributed by atoms with Crippen LogP contribution in [0.4, 0.5) is 9.93 Å². The molecule has 0 bridgehead atoms. The van der Waals surface area contributed by atoms with E-state index in [4.69, 9.17) is 0 Å². The first kappa shape index (κ1) is 16.7. The molecule has 0 saturated carbocycles. The minimum Gasteiger partial charge on any atom is -0.331 e. The van der Waals surface area contributed by atoms with Crippen LogP contribution < -0.4 is 5.32 Å². The first-order valence-corrected chi connectivity index (χ1v) is 8.30. The minimum atomic E-state index is -0.0717. The van der Waals surface area contributed by atoms with Gasteiger partial charge in [0.25, 0.3) is 0 Å². The molecule has 8 heteroatoms. The SMILES string of the molecule is CC(C)c1nnc(NC(=O)C2CCN(C(=O)N(C)C)CC2)s1. The largest absolute Gasteiger partial charge is 0.331 e. The molecule has 1 aliphatic rings. The van der Waals surface area contributed by atoms with Crippen molar-refractivity contribution < 1.29 is 9.59 Å². The Morgan fingerprint density at radius 3 is 2.41 bits per heavy atom. The maximum atomic E-state index is 12.3. The second kappa shape index (κ2) is 7.04. The van der Waals surface area contributed by atoms with Gasteiger partial charge in [0.05, 0.1) is 0 Å². The highest BCUT2D eigenvalue weighted by Crippen LogP contribution is 2.24. The van der Waals surface area contributed by atoms with E-state index in [1.165, 1.54) is 11.3 Å². The summed E-state index contributed by atoms with van der Waals surface area (Å²) in [5.41, 5.74) is 0. The van der Waals surface area contributed by atoms with Crippen LogP contribution in [-0.4, -0.2) is 59.1 Å². The van der Waals surface area contributed by atoms with Gasteiger partial charge in [0.1, 0.15) is 5.01 Å². The van der Waals surface area contributed by atoms with E-state index in [1.54, 1.807) is 23.9 Å². The standard InChI is InChI=1S/C14H23N5O2S/c1-9(2)12-16-17-13(22-12)15-11(20)10-5-7-19(8-6-10)14(21)18(3)4/h9-10H,5-8H2,1-4H3,(H,15,17,20). The number of nitrogens with one attached hydrogen (secondary N) is 1. The van der Waals surface area contributed by atoms with E-state index in [0.717, 1.165) is 5.01 Å². The van der Waals surface area contributed by atoms with Crippen molar-refractivity contribution in [1.29, 1.82) is 0 Å². The maximum absolute atomic E-state index is 12.3. The van der Waals surface area contributed by atoms with Gasteiger partial charge in [0, 0.05) is 39.0 Å². The molecular weight excluding hydrogens is 302 g/mol. The average molecular weight is 325 g/mol. The number of carbonyl (C=O) groups is 2. The fourth-order valence-electron chi connectivity index (χ4n) is 2.34. The van der Waals surface area contributed by atoms with Crippen LogP contribution in [0.2, 0.25) is 0 Å². The van der Waals surface area contributed by atoms with Crippen molar-refractivity contribution in [2.75, 3.05) is 32.5 Å². The fourth-order valence-corrected chi connectivity index (χ4v) is 3.09. The molecule has 1 fully saturated rings. The van der Waals surface area contributed by atoms with Gasteiger partial charge >= 0.3 is 6.03 Å². The molecule has 122 valence electrons. The Morgan fingerprint density at radius 2 is 1.91 bits per heavy atom. The third-order valence-electron chi connectivity index (χ3n) is 3.68. The summed E-state index contributed by atoms with van der Waals surface area (Å²) >= 11 is 1.42. The topological polar surface area (TPSA) is 78.4 Å². The Balaban J connectivity index is 1.85. The van der Waals surface area contributed by atoms with Crippen LogP contribution in [0.1, 0.15) is 37.6 Å². The molecule has 0 unspecified atom stereocenters. The Kier molecular flexibility index (Phi) is 5.33. The quantitative estimate of drug-likeness (QED) is 0.922. The lowest BCUT2D eigenvalue weighted by molar-refractivity contribution is -0.121. The number of piperidine rings is 1. The lowest BCUT2D eigenvalue weighted by Gasteiger charge is -2.32. The van der Waals surface area contributed by atoms with Crippen LogP contribution in [0.5, 0.6) is 0 Å². The molecule has 1 saturated heterocycles. The lowest BCUT2D eigenvalue weighted by Crippen LogP contribution is -2.45. The molecular formula is C14H23N5O2S. The lowest BCUT2D eigenvalue weighted by atomic mass is 9.96. The van der Waals surface area contributed by atoms with E-state index in [9.17, 15) is 9.59 Å². The number of hydrogen-bond donors (Lipinski definition) is 1. The molecule has 7 nitrogen and oxygen atoms in total. The van der Waals surface area contributed by atoms with Crippen molar-refractivity contribution in [3.63, 3.8) is 0 Å². The molecule has 2 rings (SSSR count). The zero-order valence-electron chi connectivity index (χ0n) is 13.5. The van der Waals surface area contributed by atoms with Crippen molar-refractivity contribution in [2.45, 2.75) is 32.6 Å². The second-order valence-corrected chi connectivity index (χ2v) is 7.04. The monoisotopic (exact) mass is 325 g/mol. The molecule has 2 heterocycles. The second-order valence-electron chi connectivity index (χ2n) is 6.03. The van der Waals surface area contributed by atoms with Gasteiger partial charge in [-0.25, -0.2) is 4.79 Å². The zero-order chi connectivity index (χ0) is 16.3. The van der Waals surface area contributed by atoms with Gasteiger partial charge in [-0.15, -0.1) is 10.2 Å². The number of rotatable bonds is 3. The van der Waals surface area contributed by atoms with E-state index in [-0.39, 0.29) is 17.9 Å². The van der Waals surface area contributed by atoms with Gasteiger partial charge in [0.15, 0.2) is 0 Å². The number of hydrogen-bond acceptors (Lipinski definition) is 5. The number of amides is 3. The summed E-state index contributed by atoms with van der Waals surface area (Å²) in [6, 6.07) is 0.00422. The molecule has 22 heavy (non-hydrogen) atoms. The van der Waals surface area contributed by atoms with Crippen molar-refractivity contribution in [1.82, 2.24) is 20.0 Å². The predicted octanol–water partition coefficient (Wildman–Crippen LogP) is 1.99. The highest BCUT2D eigenvalue weighted by atomic mass is 32.1. The van der Waals surface area contributed by atoms with Crippen LogP contribution in [0.15, 0.2) is 0 Å². The van der Waals surface area contributed by atoms with Crippen molar-refractivity contribution in [3.8, 4) is 0 Å². The third kappa shape index (κ3) is 3.94. The molecule has 0 radical (unpaired) electrons. The number of anilines is 1. The summed E-state index contributed by atoms with van der Waals surface area (Å²) in [5, 5.41) is 12.4. The summed E-state index contributed by atoms with van der Waals surface area (Å²) in [5.74, 6) is 0.212. The van der Waals surface area contributed by atoms with E-state index >= 15 is 0 Å². The summed E-state index contributed by atoms with van der Waals surface area (Å²) in [6.45, 7) is 5.32. The number of aromatic nitrogens is 2. The predicted molar refractivity (Wildman–Crippen MR) is 86.0 cm³/mol. The Labute approximate surface area is 134 Å². The molecule has 1 aromatic rings. The third-order valence-corrected chi connectivity index (χ3v) is 4.82. The van der Waals surface area contributed by atoms with Gasteiger partial charge in [-0.05, 0) is 12.8 Å². The van der Waals surface area contributed by atoms with Gasteiger partial charge in [-0.3, -0.25) is 4.79 Å². The molecule has 0 atom stereocenters. The van der Waals surface area contributed by atoms with E-state index in [2.05, 4.69) is 15.5 Å². The van der Waals surface area contributed by atoms with Gasteiger partial charge in [-0.2, -0.15) is 0 Å². The minimum absolute atomic E-state index is 0.00422. The van der Waals surface area contributed by atoms with E-state index in [1.807, 2.05) is 13.8 Å². The molecule has 3 amide bonds. The Bertz CT molecular complexity index is 535. The molecule has 1 aliphatic heterocycles. The first-order chi connectivity index (χ1) is 10.4. The number of urea groups is 1. The van der Waals surface area contributed by atoms with Crippen LogP contribution in [0.25, 0.3) is 0 Å². The molecule has 1 N–H and O–H groups in total. The number of nitrogens with zero attached hydrogens (tertiary/aromatic N) is 4. The van der Waals surface area contributed by atoms with E-state index < -0.39 is 0 Å². The van der Waals surface area contributed by atoms with E-state index in [0.29, 0.717) is 37.0 Å². The summed E-state index contributed by atoms with van der Waals surface area (Å²) < 4.78 is 0. The molecule has 0 aromatic carbocycles. The maximum Gasteiger partial charge on any atom is 0.319 e. The summed E-state index contributed by atoms with van der Waals surface area (Å²) in [4.78, 5) is 27.5. The molecule has 0 aliphatic carbocycles. The number of carbonyl (C=O) groups excluding carboxylic acids is 2. The van der Waals surface area contributed by atoms with Gasteiger partial charge < -0.3 is 15.1 Å². The van der Waals surface area contributed by atoms with Crippen LogP contribution in [0, 0.1) is 5.92 Å². The number of likely N-dealkylation sites (tertiary alicyclic amines) is 1. The van der Waals surface area contributed by atoms with Crippen LogP contribution >= 0.6 is 11.3 Å². The molecule has 0 spiro atoms. The van der Waals surface area contributed by atoms with Crippen LogP contribution in [0.3, 0.4) is 0 Å². The zero-order valence-corrected chi connectivity index (χ0v) is 14.3. The van der Waals surface area contributed by atoms with Crippen LogP contribution in [-0.2, 0) is 4.79 Å². The normalized spacial score (nSPS) is 16.0. The van der Waals surface area contributed by atoms with Crippen molar-refractivity contribution in [3.05, 3.63) is 5.01 Å². The highest BCUT2D eigenvalue weighted by Gasteiger charge is 2.28. The van der Waals surface area contributed by atoms with Crippen molar-refractivity contribution >= 4 is 28.4 Å². The summed E-state index contributed by atoms with van der Waals surface area (Å²) in [6.07, 6.45) is 1.36. The first-order valence-electron chi connectivity index (χ1n) is 7.49. The smallest absolute Gasteiger partial charge is 0.319 e. The molecule has 1 aromatic heterocycles.